The molecule has 0 radical (unpaired) electrons. The van der Waals surface area contributed by atoms with Gasteiger partial charge in [-0.25, -0.2) is 4.98 Å². The third-order valence-electron chi connectivity index (χ3n) is 2.50. The SMILES string of the molecule is CCN(c1ncccc1[C@H](C)O)C(C)C. The van der Waals surface area contributed by atoms with Gasteiger partial charge in [-0.2, -0.15) is 0 Å². The monoisotopic (exact) mass is 208 g/mol. The van der Waals surface area contributed by atoms with Crippen molar-refractivity contribution >= 4 is 5.82 Å². The van der Waals surface area contributed by atoms with Crippen LogP contribution in [0.15, 0.2) is 18.3 Å². The molecule has 0 fully saturated rings. The number of nitrogens with zero attached hydrogens (tertiary/aromatic N) is 2. The van der Waals surface area contributed by atoms with Gasteiger partial charge in [0.15, 0.2) is 0 Å². The van der Waals surface area contributed by atoms with E-state index in [2.05, 4.69) is 30.7 Å². The molecule has 0 aliphatic rings. The van der Waals surface area contributed by atoms with Crippen LogP contribution in [-0.4, -0.2) is 22.7 Å². The first-order valence-electron chi connectivity index (χ1n) is 5.47. The Morgan fingerprint density at radius 2 is 2.07 bits per heavy atom. The molecule has 1 heterocycles. The average molecular weight is 208 g/mol. The van der Waals surface area contributed by atoms with E-state index in [1.54, 1.807) is 13.1 Å². The lowest BCUT2D eigenvalue weighted by Gasteiger charge is -2.28. The van der Waals surface area contributed by atoms with E-state index in [-0.39, 0.29) is 0 Å². The van der Waals surface area contributed by atoms with Crippen molar-refractivity contribution in [1.29, 1.82) is 0 Å². The first-order valence-corrected chi connectivity index (χ1v) is 5.47. The van der Waals surface area contributed by atoms with Crippen molar-refractivity contribution in [3.8, 4) is 0 Å². The topological polar surface area (TPSA) is 36.4 Å². The number of rotatable bonds is 4. The number of anilines is 1. The molecule has 3 heteroatoms. The van der Waals surface area contributed by atoms with Gasteiger partial charge in [0.2, 0.25) is 0 Å². The molecule has 1 N–H and O–H groups in total. The van der Waals surface area contributed by atoms with Crippen LogP contribution in [-0.2, 0) is 0 Å². The minimum Gasteiger partial charge on any atom is -0.389 e. The predicted molar refractivity (Wildman–Crippen MR) is 63.0 cm³/mol. The third kappa shape index (κ3) is 2.69. The molecule has 0 spiro atoms. The second kappa shape index (κ2) is 5.12. The van der Waals surface area contributed by atoms with Gasteiger partial charge < -0.3 is 10.0 Å². The Balaban J connectivity index is 3.11. The van der Waals surface area contributed by atoms with Crippen molar-refractivity contribution in [3.63, 3.8) is 0 Å². The summed E-state index contributed by atoms with van der Waals surface area (Å²) in [6.07, 6.45) is 1.30. The molecule has 0 saturated heterocycles. The summed E-state index contributed by atoms with van der Waals surface area (Å²) in [5.41, 5.74) is 0.896. The summed E-state index contributed by atoms with van der Waals surface area (Å²) in [4.78, 5) is 6.54. The fourth-order valence-electron chi connectivity index (χ4n) is 1.73. The zero-order valence-electron chi connectivity index (χ0n) is 9.94. The molecule has 1 aromatic heterocycles. The number of hydrogen-bond donors (Lipinski definition) is 1. The van der Waals surface area contributed by atoms with Crippen LogP contribution in [0.2, 0.25) is 0 Å². The van der Waals surface area contributed by atoms with Gasteiger partial charge >= 0.3 is 0 Å². The Morgan fingerprint density at radius 1 is 1.40 bits per heavy atom. The lowest BCUT2D eigenvalue weighted by Crippen LogP contribution is -2.32. The minimum absolute atomic E-state index is 0.391. The minimum atomic E-state index is -0.471. The Kier molecular flexibility index (Phi) is 4.09. The van der Waals surface area contributed by atoms with E-state index in [4.69, 9.17) is 0 Å². The first kappa shape index (κ1) is 12.0. The van der Waals surface area contributed by atoms with Crippen molar-refractivity contribution in [2.75, 3.05) is 11.4 Å². The summed E-state index contributed by atoms with van der Waals surface area (Å²) >= 11 is 0. The highest BCUT2D eigenvalue weighted by molar-refractivity contribution is 5.48. The van der Waals surface area contributed by atoms with E-state index in [1.807, 2.05) is 12.1 Å². The summed E-state index contributed by atoms with van der Waals surface area (Å²) < 4.78 is 0. The zero-order valence-corrected chi connectivity index (χ0v) is 9.94. The van der Waals surface area contributed by atoms with Gasteiger partial charge in [0.1, 0.15) is 5.82 Å². The Labute approximate surface area is 91.8 Å². The van der Waals surface area contributed by atoms with E-state index in [9.17, 15) is 5.11 Å². The van der Waals surface area contributed by atoms with Gasteiger partial charge in [-0.1, -0.05) is 6.07 Å². The molecule has 0 bridgehead atoms. The second-order valence-electron chi connectivity index (χ2n) is 3.97. The number of hydrogen-bond acceptors (Lipinski definition) is 3. The van der Waals surface area contributed by atoms with Crippen LogP contribution < -0.4 is 4.90 Å². The van der Waals surface area contributed by atoms with Gasteiger partial charge in [0.25, 0.3) is 0 Å². The molecule has 1 rings (SSSR count). The smallest absolute Gasteiger partial charge is 0.134 e. The molecule has 0 aliphatic carbocycles. The molecule has 1 aromatic rings. The van der Waals surface area contributed by atoms with Crippen LogP contribution in [0.4, 0.5) is 5.82 Å². The normalized spacial score (nSPS) is 12.9. The van der Waals surface area contributed by atoms with Gasteiger partial charge in [-0.15, -0.1) is 0 Å². The molecule has 0 unspecified atom stereocenters. The molecule has 0 aromatic carbocycles. The number of aromatic nitrogens is 1. The Bertz CT molecular complexity index is 310. The Hall–Kier alpha value is -1.09. The molecule has 84 valence electrons. The van der Waals surface area contributed by atoms with E-state index < -0.39 is 6.10 Å². The first-order chi connectivity index (χ1) is 7.07. The summed E-state index contributed by atoms with van der Waals surface area (Å²) in [7, 11) is 0. The number of aliphatic hydroxyl groups is 1. The fourth-order valence-corrected chi connectivity index (χ4v) is 1.73. The molecule has 1 atom stereocenters. The fraction of sp³-hybridized carbons (Fsp3) is 0.583. The van der Waals surface area contributed by atoms with Crippen molar-refractivity contribution in [3.05, 3.63) is 23.9 Å². The lowest BCUT2D eigenvalue weighted by molar-refractivity contribution is 0.199. The molecular weight excluding hydrogens is 188 g/mol. The maximum atomic E-state index is 9.66. The average Bonchev–Trinajstić information content (AvgIpc) is 2.18. The predicted octanol–water partition coefficient (Wildman–Crippen LogP) is 2.37. The highest BCUT2D eigenvalue weighted by atomic mass is 16.3. The maximum absolute atomic E-state index is 9.66. The molecule has 0 amide bonds. The van der Waals surface area contributed by atoms with Crippen LogP contribution in [0, 0.1) is 0 Å². The van der Waals surface area contributed by atoms with E-state index in [0.29, 0.717) is 6.04 Å². The van der Waals surface area contributed by atoms with Gasteiger partial charge in [-0.05, 0) is 33.8 Å². The van der Waals surface area contributed by atoms with Crippen LogP contribution in [0.25, 0.3) is 0 Å². The van der Waals surface area contributed by atoms with Crippen molar-refractivity contribution in [1.82, 2.24) is 4.98 Å². The third-order valence-corrected chi connectivity index (χ3v) is 2.50. The molecule has 15 heavy (non-hydrogen) atoms. The second-order valence-corrected chi connectivity index (χ2v) is 3.97. The standard InChI is InChI=1S/C12H20N2O/c1-5-14(9(2)3)12-11(10(4)15)7-6-8-13-12/h6-10,15H,5H2,1-4H3/t10-/m0/s1. The lowest BCUT2D eigenvalue weighted by atomic mass is 10.1. The van der Waals surface area contributed by atoms with Crippen molar-refractivity contribution in [2.45, 2.75) is 39.8 Å². The highest BCUT2D eigenvalue weighted by Crippen LogP contribution is 2.24. The highest BCUT2D eigenvalue weighted by Gasteiger charge is 2.16. The van der Waals surface area contributed by atoms with Crippen molar-refractivity contribution < 1.29 is 5.11 Å². The maximum Gasteiger partial charge on any atom is 0.134 e. The summed E-state index contributed by atoms with van der Waals surface area (Å²) in [6, 6.07) is 4.18. The van der Waals surface area contributed by atoms with E-state index in [1.165, 1.54) is 0 Å². The largest absolute Gasteiger partial charge is 0.389 e. The van der Waals surface area contributed by atoms with Crippen LogP contribution in [0.5, 0.6) is 0 Å². The van der Waals surface area contributed by atoms with Gasteiger partial charge in [0.05, 0.1) is 6.10 Å². The molecular formula is C12H20N2O. The molecule has 0 saturated carbocycles. The number of pyridine rings is 1. The number of aliphatic hydroxyl groups excluding tert-OH is 1. The summed E-state index contributed by atoms with van der Waals surface area (Å²) in [6.45, 7) is 9.03. The van der Waals surface area contributed by atoms with Crippen molar-refractivity contribution in [2.24, 2.45) is 0 Å². The van der Waals surface area contributed by atoms with Crippen LogP contribution in [0.1, 0.15) is 39.4 Å². The van der Waals surface area contributed by atoms with E-state index in [0.717, 1.165) is 17.9 Å². The van der Waals surface area contributed by atoms with Crippen LogP contribution >= 0.6 is 0 Å². The molecule has 3 nitrogen and oxygen atoms in total. The zero-order chi connectivity index (χ0) is 11.4. The van der Waals surface area contributed by atoms with Crippen LogP contribution in [0.3, 0.4) is 0 Å². The summed E-state index contributed by atoms with van der Waals surface area (Å²) in [5.74, 6) is 0.894. The van der Waals surface area contributed by atoms with E-state index >= 15 is 0 Å². The van der Waals surface area contributed by atoms with Gasteiger partial charge in [0, 0.05) is 24.3 Å². The molecule has 0 aliphatic heterocycles. The quantitative estimate of drug-likeness (QED) is 0.825. The van der Waals surface area contributed by atoms with Gasteiger partial charge in [-0.3, -0.25) is 0 Å². The summed E-state index contributed by atoms with van der Waals surface area (Å²) in [5, 5.41) is 9.66. The Morgan fingerprint density at radius 3 is 2.53 bits per heavy atom.